The van der Waals surface area contributed by atoms with Crippen LogP contribution in [0.3, 0.4) is 0 Å². The molecular formula is C12H15IN2O3. The summed E-state index contributed by atoms with van der Waals surface area (Å²) in [6.07, 6.45) is 2.04. The summed E-state index contributed by atoms with van der Waals surface area (Å²) in [5.74, 6) is 1.01. The van der Waals surface area contributed by atoms with Gasteiger partial charge < -0.3 is 10.1 Å². The van der Waals surface area contributed by atoms with Crippen molar-refractivity contribution in [3.8, 4) is 5.75 Å². The zero-order valence-electron chi connectivity index (χ0n) is 10.1. The third-order valence-electron chi connectivity index (χ3n) is 3.10. The van der Waals surface area contributed by atoms with Gasteiger partial charge in [-0.1, -0.05) is 0 Å². The van der Waals surface area contributed by atoms with Gasteiger partial charge in [-0.15, -0.1) is 0 Å². The predicted octanol–water partition coefficient (Wildman–Crippen LogP) is 2.58. The summed E-state index contributed by atoms with van der Waals surface area (Å²) in [4.78, 5) is 10.6. The van der Waals surface area contributed by atoms with Gasteiger partial charge in [0.25, 0.3) is 0 Å². The first-order valence-electron chi connectivity index (χ1n) is 5.85. The molecule has 0 heterocycles. The number of rotatable bonds is 5. The zero-order chi connectivity index (χ0) is 13.1. The van der Waals surface area contributed by atoms with E-state index in [2.05, 4.69) is 27.9 Å². The molecule has 2 rings (SSSR count). The van der Waals surface area contributed by atoms with Crippen LogP contribution in [0.5, 0.6) is 5.75 Å². The molecule has 1 fully saturated rings. The molecule has 1 saturated carbocycles. The third kappa shape index (κ3) is 3.11. The highest BCUT2D eigenvalue weighted by molar-refractivity contribution is 14.1. The van der Waals surface area contributed by atoms with Gasteiger partial charge in [-0.25, -0.2) is 0 Å². The lowest BCUT2D eigenvalue weighted by Gasteiger charge is -2.35. The molecule has 0 atom stereocenters. The van der Waals surface area contributed by atoms with Crippen molar-refractivity contribution in [2.24, 2.45) is 5.92 Å². The molecule has 0 bridgehead atoms. The van der Waals surface area contributed by atoms with Crippen LogP contribution in [0.15, 0.2) is 18.2 Å². The molecule has 0 amide bonds. The summed E-state index contributed by atoms with van der Waals surface area (Å²) in [7, 11) is 1.93. The van der Waals surface area contributed by atoms with Crippen molar-refractivity contribution in [1.82, 2.24) is 5.32 Å². The van der Waals surface area contributed by atoms with Gasteiger partial charge in [0.1, 0.15) is 0 Å². The molecule has 0 unspecified atom stereocenters. The van der Waals surface area contributed by atoms with Crippen LogP contribution in [0.2, 0.25) is 0 Å². The summed E-state index contributed by atoms with van der Waals surface area (Å²) in [5.41, 5.74) is 0.0546. The van der Waals surface area contributed by atoms with Crippen molar-refractivity contribution >= 4 is 28.3 Å². The van der Waals surface area contributed by atoms with Crippen molar-refractivity contribution < 1.29 is 9.66 Å². The summed E-state index contributed by atoms with van der Waals surface area (Å²) in [5, 5.41) is 14.1. The van der Waals surface area contributed by atoms with E-state index in [0.717, 1.165) is 23.0 Å². The Kier molecular flexibility index (Phi) is 4.39. The average molecular weight is 362 g/mol. The van der Waals surface area contributed by atoms with Crippen molar-refractivity contribution in [2.45, 2.75) is 18.9 Å². The second kappa shape index (κ2) is 5.83. The summed E-state index contributed by atoms with van der Waals surface area (Å²) >= 11 is 2.06. The van der Waals surface area contributed by atoms with E-state index in [1.54, 1.807) is 12.1 Å². The monoisotopic (exact) mass is 362 g/mol. The lowest BCUT2D eigenvalue weighted by molar-refractivity contribution is -0.386. The van der Waals surface area contributed by atoms with Crippen LogP contribution in [0, 0.1) is 19.6 Å². The van der Waals surface area contributed by atoms with Crippen LogP contribution in [0.4, 0.5) is 5.69 Å². The highest BCUT2D eigenvalue weighted by Crippen LogP contribution is 2.35. The molecule has 0 spiro atoms. The molecule has 0 saturated heterocycles. The molecule has 1 aliphatic carbocycles. The Balaban J connectivity index is 2.00. The molecule has 6 heteroatoms. The number of hydrogen-bond acceptors (Lipinski definition) is 4. The van der Waals surface area contributed by atoms with Crippen LogP contribution < -0.4 is 10.1 Å². The Morgan fingerprint density at radius 3 is 2.89 bits per heavy atom. The van der Waals surface area contributed by atoms with Gasteiger partial charge in [0.2, 0.25) is 0 Å². The highest BCUT2D eigenvalue weighted by Gasteiger charge is 2.31. The molecule has 0 radical (unpaired) electrons. The maximum atomic E-state index is 10.9. The topological polar surface area (TPSA) is 64.4 Å². The quantitative estimate of drug-likeness (QED) is 0.497. The smallest absolute Gasteiger partial charge is 0.311 e. The Labute approximate surface area is 119 Å². The predicted molar refractivity (Wildman–Crippen MR) is 76.9 cm³/mol. The van der Waals surface area contributed by atoms with Gasteiger partial charge in [0, 0.05) is 9.64 Å². The molecule has 0 aromatic heterocycles. The van der Waals surface area contributed by atoms with Crippen LogP contribution >= 0.6 is 22.6 Å². The van der Waals surface area contributed by atoms with Gasteiger partial charge in [-0.2, -0.15) is 0 Å². The molecule has 5 nitrogen and oxygen atoms in total. The van der Waals surface area contributed by atoms with Crippen molar-refractivity contribution in [3.05, 3.63) is 31.9 Å². The first kappa shape index (κ1) is 13.5. The van der Waals surface area contributed by atoms with E-state index in [1.807, 2.05) is 13.1 Å². The fourth-order valence-electron chi connectivity index (χ4n) is 2.14. The lowest BCUT2D eigenvalue weighted by Crippen LogP contribution is -2.38. The first-order valence-corrected chi connectivity index (χ1v) is 6.93. The fourth-order valence-corrected chi connectivity index (χ4v) is 2.61. The van der Waals surface area contributed by atoms with E-state index in [0.29, 0.717) is 11.7 Å². The molecule has 1 N–H and O–H groups in total. The van der Waals surface area contributed by atoms with E-state index in [4.69, 9.17) is 4.74 Å². The minimum Gasteiger partial charge on any atom is -0.483 e. The van der Waals surface area contributed by atoms with E-state index in [9.17, 15) is 10.1 Å². The highest BCUT2D eigenvalue weighted by atomic mass is 127. The van der Waals surface area contributed by atoms with Crippen LogP contribution in [0.25, 0.3) is 0 Å². The van der Waals surface area contributed by atoms with Crippen molar-refractivity contribution in [3.63, 3.8) is 0 Å². The van der Waals surface area contributed by atoms with E-state index >= 15 is 0 Å². The molecule has 0 aliphatic heterocycles. The minimum atomic E-state index is -0.388. The zero-order valence-corrected chi connectivity index (χ0v) is 12.2. The second-order valence-electron chi connectivity index (χ2n) is 4.50. The van der Waals surface area contributed by atoms with Crippen molar-refractivity contribution in [2.75, 3.05) is 13.6 Å². The number of nitro groups is 1. The van der Waals surface area contributed by atoms with Gasteiger partial charge in [-0.05, 0) is 67.1 Å². The Morgan fingerprint density at radius 2 is 2.28 bits per heavy atom. The number of hydrogen-bond donors (Lipinski definition) is 1. The number of ether oxygens (including phenoxy) is 1. The number of halogens is 1. The molecule has 1 aromatic carbocycles. The maximum absolute atomic E-state index is 10.9. The Bertz CT molecular complexity index is 447. The van der Waals surface area contributed by atoms with E-state index in [-0.39, 0.29) is 16.7 Å². The summed E-state index contributed by atoms with van der Waals surface area (Å²) in [6.45, 7) is 0.981. The van der Waals surface area contributed by atoms with Gasteiger partial charge >= 0.3 is 5.69 Å². The molecule has 98 valence electrons. The SMILES string of the molecule is CNCC1CC(Oc2ccc(I)cc2[N+](=O)[O-])C1. The number of nitrogens with one attached hydrogen (secondary N) is 1. The first-order chi connectivity index (χ1) is 8.60. The average Bonchev–Trinajstić information content (AvgIpc) is 2.28. The standard InChI is InChI=1S/C12H15IN2O3/c1-14-7-8-4-10(5-8)18-12-3-2-9(13)6-11(12)15(16)17/h2-3,6,8,10,14H,4-5,7H2,1H3. The fraction of sp³-hybridized carbons (Fsp3) is 0.500. The van der Waals surface area contributed by atoms with Crippen LogP contribution in [0.1, 0.15) is 12.8 Å². The molecule has 1 aliphatic rings. The molecule has 18 heavy (non-hydrogen) atoms. The van der Waals surface area contributed by atoms with Gasteiger partial charge in [-0.3, -0.25) is 10.1 Å². The third-order valence-corrected chi connectivity index (χ3v) is 3.77. The minimum absolute atomic E-state index is 0.0546. The maximum Gasteiger partial charge on any atom is 0.311 e. The van der Waals surface area contributed by atoms with Crippen molar-refractivity contribution in [1.29, 1.82) is 0 Å². The number of benzene rings is 1. The molecular weight excluding hydrogens is 347 g/mol. The van der Waals surface area contributed by atoms with E-state index in [1.165, 1.54) is 0 Å². The van der Waals surface area contributed by atoms with Crippen LogP contribution in [-0.2, 0) is 0 Å². The largest absolute Gasteiger partial charge is 0.483 e. The normalized spacial score (nSPS) is 22.3. The van der Waals surface area contributed by atoms with Gasteiger partial charge in [0.05, 0.1) is 11.0 Å². The van der Waals surface area contributed by atoms with Crippen LogP contribution in [-0.4, -0.2) is 24.6 Å². The number of nitro benzene ring substituents is 1. The summed E-state index contributed by atoms with van der Waals surface area (Å²) < 4.78 is 6.54. The van der Waals surface area contributed by atoms with E-state index < -0.39 is 0 Å². The van der Waals surface area contributed by atoms with Gasteiger partial charge in [0.15, 0.2) is 5.75 Å². The Morgan fingerprint density at radius 1 is 1.56 bits per heavy atom. The Hall–Kier alpha value is -0.890. The molecule has 1 aromatic rings. The lowest BCUT2D eigenvalue weighted by atomic mass is 9.82. The summed E-state index contributed by atoms with van der Waals surface area (Å²) in [6, 6.07) is 5.05. The second-order valence-corrected chi connectivity index (χ2v) is 5.75. The number of nitrogens with zero attached hydrogens (tertiary/aromatic N) is 1.